The minimum absolute atomic E-state index is 0.533. The largest absolute Gasteiger partial charge is 0.325 e. The van der Waals surface area contributed by atoms with Gasteiger partial charge in [-0.3, -0.25) is 0 Å². The number of hydrogen-bond acceptors (Lipinski definition) is 2. The molecule has 0 atom stereocenters. The zero-order chi connectivity index (χ0) is 9.84. The fourth-order valence-corrected chi connectivity index (χ4v) is 2.09. The van der Waals surface area contributed by atoms with Crippen molar-refractivity contribution in [2.45, 2.75) is 24.9 Å². The highest BCUT2D eigenvalue weighted by molar-refractivity contribution is 7.99. The van der Waals surface area contributed by atoms with E-state index in [0.717, 1.165) is 16.6 Å². The number of rotatable bonds is 4. The minimum Gasteiger partial charge on any atom is -0.325 e. The summed E-state index contributed by atoms with van der Waals surface area (Å²) in [4.78, 5) is 4.30. The molecular weight excluding hydrogens is 204 g/mol. The fraction of sp³-hybridized carbons (Fsp3) is 0.667. The van der Waals surface area contributed by atoms with Crippen LogP contribution in [0.2, 0.25) is 0 Å². The number of hydrogen-bond donors (Lipinski definition) is 0. The van der Waals surface area contributed by atoms with E-state index in [-0.39, 0.29) is 0 Å². The number of aromatic nitrogens is 2. The van der Waals surface area contributed by atoms with Crippen LogP contribution < -0.4 is 0 Å². The predicted molar refractivity (Wildman–Crippen MR) is 58.3 cm³/mol. The summed E-state index contributed by atoms with van der Waals surface area (Å²) in [5, 5.41) is 1.06. The molecule has 0 aliphatic carbocycles. The van der Waals surface area contributed by atoms with E-state index in [4.69, 9.17) is 11.6 Å². The van der Waals surface area contributed by atoms with Crippen LogP contribution in [0.5, 0.6) is 0 Å². The Kier molecular flexibility index (Phi) is 4.13. The molecule has 13 heavy (non-hydrogen) atoms. The second-order valence-corrected chi connectivity index (χ2v) is 4.68. The molecule has 1 heterocycles. The van der Waals surface area contributed by atoms with Crippen molar-refractivity contribution in [1.82, 2.24) is 9.55 Å². The van der Waals surface area contributed by atoms with Gasteiger partial charge < -0.3 is 4.57 Å². The van der Waals surface area contributed by atoms with Gasteiger partial charge in [0.15, 0.2) is 5.16 Å². The average molecular weight is 219 g/mol. The van der Waals surface area contributed by atoms with E-state index in [1.54, 1.807) is 11.8 Å². The van der Waals surface area contributed by atoms with Gasteiger partial charge in [-0.05, 0) is 5.92 Å². The Morgan fingerprint density at radius 1 is 1.62 bits per heavy atom. The first-order chi connectivity index (χ1) is 6.15. The quantitative estimate of drug-likeness (QED) is 0.572. The van der Waals surface area contributed by atoms with Gasteiger partial charge in [-0.1, -0.05) is 25.6 Å². The molecule has 0 aliphatic rings. The first kappa shape index (κ1) is 10.9. The van der Waals surface area contributed by atoms with E-state index in [0.29, 0.717) is 11.8 Å². The van der Waals surface area contributed by atoms with Crippen LogP contribution >= 0.6 is 23.4 Å². The lowest BCUT2D eigenvalue weighted by Gasteiger charge is -2.05. The summed E-state index contributed by atoms with van der Waals surface area (Å²) < 4.78 is 2.06. The van der Waals surface area contributed by atoms with Crippen LogP contribution in [0.3, 0.4) is 0 Å². The number of imidazole rings is 1. The molecule has 0 aliphatic heterocycles. The maximum atomic E-state index is 5.74. The van der Waals surface area contributed by atoms with Crippen molar-refractivity contribution >= 4 is 23.4 Å². The van der Waals surface area contributed by atoms with Crippen molar-refractivity contribution in [3.8, 4) is 0 Å². The van der Waals surface area contributed by atoms with Gasteiger partial charge in [0.05, 0.1) is 17.8 Å². The van der Waals surface area contributed by atoms with Crippen LogP contribution in [0.1, 0.15) is 19.5 Å². The fourth-order valence-electron chi connectivity index (χ4n) is 0.925. The Morgan fingerprint density at radius 3 is 2.77 bits per heavy atom. The van der Waals surface area contributed by atoms with E-state index in [1.165, 1.54) is 0 Å². The third-order valence-corrected chi connectivity index (χ3v) is 3.47. The van der Waals surface area contributed by atoms with Crippen molar-refractivity contribution < 1.29 is 0 Å². The number of halogens is 1. The summed E-state index contributed by atoms with van der Waals surface area (Å²) >= 11 is 7.52. The highest BCUT2D eigenvalue weighted by atomic mass is 35.5. The molecule has 0 saturated heterocycles. The summed E-state index contributed by atoms with van der Waals surface area (Å²) in [5.41, 5.74) is 1.08. The SMILES string of the molecule is CC(C)CSc1ncc(CCl)n1C. The molecule has 0 unspecified atom stereocenters. The standard InChI is InChI=1S/C9H15ClN2S/c1-7(2)6-13-9-11-5-8(4-10)12(9)3/h5,7H,4,6H2,1-3H3. The van der Waals surface area contributed by atoms with Gasteiger partial charge in [-0.2, -0.15) is 0 Å². The van der Waals surface area contributed by atoms with Gasteiger partial charge in [0.2, 0.25) is 0 Å². The average Bonchev–Trinajstić information content (AvgIpc) is 2.43. The molecule has 2 nitrogen and oxygen atoms in total. The maximum Gasteiger partial charge on any atom is 0.167 e. The molecule has 0 amide bonds. The molecule has 74 valence electrons. The van der Waals surface area contributed by atoms with Crippen molar-refractivity contribution in [2.24, 2.45) is 13.0 Å². The van der Waals surface area contributed by atoms with Gasteiger partial charge in [-0.15, -0.1) is 11.6 Å². The Hall–Kier alpha value is -0.150. The predicted octanol–water partition coefficient (Wildman–Crippen LogP) is 2.91. The van der Waals surface area contributed by atoms with E-state index >= 15 is 0 Å². The van der Waals surface area contributed by atoms with Crippen LogP contribution in [0.4, 0.5) is 0 Å². The summed E-state index contributed by atoms with van der Waals surface area (Å²) in [6.45, 7) is 4.41. The topological polar surface area (TPSA) is 17.8 Å². The summed E-state index contributed by atoms with van der Waals surface area (Å²) in [6.07, 6.45) is 1.84. The molecule has 4 heteroatoms. The molecule has 0 N–H and O–H groups in total. The first-order valence-electron chi connectivity index (χ1n) is 4.34. The second-order valence-electron chi connectivity index (χ2n) is 3.43. The lowest BCUT2D eigenvalue weighted by atomic mass is 10.3. The minimum atomic E-state index is 0.533. The molecule has 1 rings (SSSR count). The lowest BCUT2D eigenvalue weighted by Crippen LogP contribution is -1.98. The smallest absolute Gasteiger partial charge is 0.167 e. The van der Waals surface area contributed by atoms with Crippen molar-refractivity contribution in [3.63, 3.8) is 0 Å². The van der Waals surface area contributed by atoms with E-state index in [9.17, 15) is 0 Å². The number of thioether (sulfide) groups is 1. The van der Waals surface area contributed by atoms with E-state index in [2.05, 4.69) is 23.4 Å². The lowest BCUT2D eigenvalue weighted by molar-refractivity contribution is 0.732. The van der Waals surface area contributed by atoms with Gasteiger partial charge in [-0.25, -0.2) is 4.98 Å². The van der Waals surface area contributed by atoms with Crippen LogP contribution in [0.15, 0.2) is 11.4 Å². The maximum absolute atomic E-state index is 5.74. The Bertz CT molecular complexity index is 271. The number of alkyl halides is 1. The highest BCUT2D eigenvalue weighted by Crippen LogP contribution is 2.20. The zero-order valence-corrected chi connectivity index (χ0v) is 9.82. The molecule has 0 spiro atoms. The summed E-state index contributed by atoms with van der Waals surface area (Å²) in [6, 6.07) is 0. The van der Waals surface area contributed by atoms with Gasteiger partial charge in [0, 0.05) is 12.8 Å². The van der Waals surface area contributed by atoms with E-state index < -0.39 is 0 Å². The molecule has 0 bridgehead atoms. The molecule has 1 aromatic rings. The zero-order valence-electron chi connectivity index (χ0n) is 8.25. The first-order valence-corrected chi connectivity index (χ1v) is 5.86. The van der Waals surface area contributed by atoms with Crippen LogP contribution in [-0.4, -0.2) is 15.3 Å². The molecular formula is C9H15ClN2S. The van der Waals surface area contributed by atoms with Crippen molar-refractivity contribution in [2.75, 3.05) is 5.75 Å². The molecule has 0 fully saturated rings. The normalized spacial score (nSPS) is 11.2. The summed E-state index contributed by atoms with van der Waals surface area (Å²) in [5.74, 6) is 2.33. The van der Waals surface area contributed by atoms with Gasteiger partial charge >= 0.3 is 0 Å². The molecule has 1 aromatic heterocycles. The van der Waals surface area contributed by atoms with Gasteiger partial charge in [0.1, 0.15) is 0 Å². The van der Waals surface area contributed by atoms with Crippen LogP contribution in [-0.2, 0) is 12.9 Å². The van der Waals surface area contributed by atoms with Crippen molar-refractivity contribution in [3.05, 3.63) is 11.9 Å². The highest BCUT2D eigenvalue weighted by Gasteiger charge is 2.06. The second kappa shape index (κ2) is 4.91. The molecule has 0 aromatic carbocycles. The Labute approximate surface area is 88.7 Å². The Morgan fingerprint density at radius 2 is 2.31 bits per heavy atom. The Balaban J connectivity index is 2.62. The number of nitrogens with zero attached hydrogens (tertiary/aromatic N) is 2. The molecule has 0 saturated carbocycles. The van der Waals surface area contributed by atoms with Gasteiger partial charge in [0.25, 0.3) is 0 Å². The third-order valence-electron chi connectivity index (χ3n) is 1.72. The monoisotopic (exact) mass is 218 g/mol. The molecule has 0 radical (unpaired) electrons. The van der Waals surface area contributed by atoms with E-state index in [1.807, 2.05) is 13.2 Å². The summed E-state index contributed by atoms with van der Waals surface area (Å²) in [7, 11) is 2.01. The van der Waals surface area contributed by atoms with Crippen LogP contribution in [0, 0.1) is 5.92 Å². The third kappa shape index (κ3) is 2.92. The van der Waals surface area contributed by atoms with Crippen LogP contribution in [0.25, 0.3) is 0 Å². The van der Waals surface area contributed by atoms with Crippen molar-refractivity contribution in [1.29, 1.82) is 0 Å².